The van der Waals surface area contributed by atoms with Crippen LogP contribution in [0.5, 0.6) is 0 Å². The average molecular weight is 371 g/mol. The Bertz CT molecular complexity index is 896. The first-order valence-electron chi connectivity index (χ1n) is 9.93. The van der Waals surface area contributed by atoms with E-state index in [1.807, 2.05) is 0 Å². The van der Waals surface area contributed by atoms with Crippen molar-refractivity contribution in [2.24, 2.45) is 0 Å². The predicted octanol–water partition coefficient (Wildman–Crippen LogP) is 3.20. The molecule has 0 bridgehead atoms. The Hall–Kier alpha value is -2.21. The summed E-state index contributed by atoms with van der Waals surface area (Å²) in [5.41, 5.74) is 0.295. The maximum atomic E-state index is 13.5. The molecule has 2 N–H and O–H groups in total. The van der Waals surface area contributed by atoms with E-state index >= 15 is 0 Å². The van der Waals surface area contributed by atoms with E-state index in [4.69, 9.17) is 0 Å². The van der Waals surface area contributed by atoms with Crippen LogP contribution in [-0.4, -0.2) is 41.0 Å². The topological polar surface area (TPSA) is 65.2 Å². The molecule has 1 aromatic heterocycles. The average Bonchev–Trinajstić information content (AvgIpc) is 3.16. The highest BCUT2D eigenvalue weighted by atomic mass is 19.1. The van der Waals surface area contributed by atoms with E-state index in [1.165, 1.54) is 50.3 Å². The molecule has 2 aliphatic rings. The lowest BCUT2D eigenvalue weighted by Gasteiger charge is -2.43. The fraction of sp³-hybridized carbons (Fsp3) is 0.524. The number of halogens is 1. The number of carbonyl (C=O) groups excluding carboxylic acids is 1. The van der Waals surface area contributed by atoms with Crippen molar-refractivity contribution in [1.82, 2.24) is 15.2 Å². The number of carbonyl (C=O) groups is 1. The van der Waals surface area contributed by atoms with Gasteiger partial charge in [-0.1, -0.05) is 19.3 Å². The molecule has 0 atom stereocenters. The number of hydrogen-bond acceptors (Lipinski definition) is 3. The number of hydrogen-bond donors (Lipinski definition) is 2. The van der Waals surface area contributed by atoms with Crippen LogP contribution < -0.4 is 10.9 Å². The highest BCUT2D eigenvalue weighted by molar-refractivity contribution is 6.05. The number of aromatic amines is 1. The lowest BCUT2D eigenvalue weighted by Crippen LogP contribution is -2.55. The number of nitrogens with one attached hydrogen (secondary N) is 2. The highest BCUT2D eigenvalue weighted by Crippen LogP contribution is 2.36. The number of H-pyrrole nitrogens is 1. The minimum atomic E-state index is -0.439. The summed E-state index contributed by atoms with van der Waals surface area (Å²) in [6, 6.07) is 5.41. The van der Waals surface area contributed by atoms with Gasteiger partial charge in [0.05, 0.1) is 11.1 Å². The molecule has 4 rings (SSSR count). The molecule has 2 aromatic rings. The Morgan fingerprint density at radius 2 is 1.85 bits per heavy atom. The Labute approximate surface area is 157 Å². The summed E-state index contributed by atoms with van der Waals surface area (Å²) in [6.45, 7) is 2.80. The van der Waals surface area contributed by atoms with Crippen LogP contribution in [0, 0.1) is 5.82 Å². The standard InChI is InChI=1S/C21H26FN3O2/c22-15-6-7-16-17(13-19(26)24-18(16)12-15)20(27)23-14-21(8-2-3-9-21)25-10-4-1-5-11-25/h6-7,12-13H,1-5,8-11,14H2,(H,23,27)(H,24,26). The predicted molar refractivity (Wildman–Crippen MR) is 103 cm³/mol. The monoisotopic (exact) mass is 371 g/mol. The van der Waals surface area contributed by atoms with Gasteiger partial charge in [0, 0.05) is 23.5 Å². The molecule has 1 aliphatic carbocycles. The highest BCUT2D eigenvalue weighted by Gasteiger charge is 2.40. The van der Waals surface area contributed by atoms with E-state index in [0.29, 0.717) is 23.0 Å². The van der Waals surface area contributed by atoms with Crippen LogP contribution in [0.2, 0.25) is 0 Å². The first-order chi connectivity index (χ1) is 13.1. The molecule has 0 spiro atoms. The number of nitrogens with zero attached hydrogens (tertiary/aromatic N) is 1. The number of amides is 1. The molecule has 0 radical (unpaired) electrons. The minimum absolute atomic E-state index is 0.0409. The van der Waals surface area contributed by atoms with Gasteiger partial charge in [-0.25, -0.2) is 4.39 Å². The van der Waals surface area contributed by atoms with Gasteiger partial charge in [0.2, 0.25) is 5.56 Å². The summed E-state index contributed by atoms with van der Waals surface area (Å²) >= 11 is 0. The zero-order chi connectivity index (χ0) is 18.9. The third-order valence-corrected chi connectivity index (χ3v) is 6.19. The van der Waals surface area contributed by atoms with Crippen LogP contribution in [0.15, 0.2) is 29.1 Å². The maximum absolute atomic E-state index is 13.5. The van der Waals surface area contributed by atoms with Gasteiger partial charge < -0.3 is 10.3 Å². The van der Waals surface area contributed by atoms with Gasteiger partial charge >= 0.3 is 0 Å². The summed E-state index contributed by atoms with van der Waals surface area (Å²) < 4.78 is 13.5. The molecule has 1 amide bonds. The number of piperidine rings is 1. The van der Waals surface area contributed by atoms with Crippen molar-refractivity contribution < 1.29 is 9.18 Å². The third-order valence-electron chi connectivity index (χ3n) is 6.19. The molecular weight excluding hydrogens is 345 g/mol. The van der Waals surface area contributed by atoms with Crippen LogP contribution in [0.3, 0.4) is 0 Å². The second kappa shape index (κ2) is 7.43. The zero-order valence-electron chi connectivity index (χ0n) is 15.5. The van der Waals surface area contributed by atoms with Gasteiger partial charge in [0.15, 0.2) is 0 Å². The van der Waals surface area contributed by atoms with E-state index in [-0.39, 0.29) is 11.4 Å². The minimum Gasteiger partial charge on any atom is -0.350 e. The molecular formula is C21H26FN3O2. The van der Waals surface area contributed by atoms with E-state index < -0.39 is 11.4 Å². The first kappa shape index (κ1) is 18.2. The quantitative estimate of drug-likeness (QED) is 0.867. The molecule has 6 heteroatoms. The van der Waals surface area contributed by atoms with Crippen LogP contribution in [0.25, 0.3) is 10.9 Å². The van der Waals surface area contributed by atoms with Gasteiger partial charge in [0.1, 0.15) is 5.82 Å². The second-order valence-electron chi connectivity index (χ2n) is 7.90. The smallest absolute Gasteiger partial charge is 0.252 e. The Kier molecular flexibility index (Phi) is 5.00. The molecule has 1 aromatic carbocycles. The molecule has 1 saturated carbocycles. The lowest BCUT2D eigenvalue weighted by atomic mass is 9.92. The van der Waals surface area contributed by atoms with E-state index in [1.54, 1.807) is 6.07 Å². The van der Waals surface area contributed by atoms with E-state index in [0.717, 1.165) is 25.9 Å². The molecule has 2 fully saturated rings. The third kappa shape index (κ3) is 3.63. The van der Waals surface area contributed by atoms with Gasteiger partial charge in [-0.3, -0.25) is 14.5 Å². The summed E-state index contributed by atoms with van der Waals surface area (Å²) in [7, 11) is 0. The number of benzene rings is 1. The number of fused-ring (bicyclic) bond motifs is 1. The van der Waals surface area contributed by atoms with Gasteiger partial charge in [-0.05, 0) is 57.0 Å². The number of likely N-dealkylation sites (tertiary alicyclic amines) is 1. The molecule has 5 nitrogen and oxygen atoms in total. The van der Waals surface area contributed by atoms with Crippen molar-refractivity contribution in [2.75, 3.05) is 19.6 Å². The fourth-order valence-electron chi connectivity index (χ4n) is 4.77. The van der Waals surface area contributed by atoms with Crippen LogP contribution >= 0.6 is 0 Å². The molecule has 27 heavy (non-hydrogen) atoms. The summed E-state index contributed by atoms with van der Waals surface area (Å²) in [5, 5.41) is 3.65. The van der Waals surface area contributed by atoms with Crippen molar-refractivity contribution in [2.45, 2.75) is 50.5 Å². The van der Waals surface area contributed by atoms with Crippen LogP contribution in [-0.2, 0) is 0 Å². The molecule has 0 unspecified atom stereocenters. The van der Waals surface area contributed by atoms with Crippen molar-refractivity contribution in [3.63, 3.8) is 0 Å². The maximum Gasteiger partial charge on any atom is 0.252 e. The van der Waals surface area contributed by atoms with Crippen LogP contribution in [0.4, 0.5) is 4.39 Å². The summed E-state index contributed by atoms with van der Waals surface area (Å²) in [6.07, 6.45) is 8.33. The molecule has 2 heterocycles. The van der Waals surface area contributed by atoms with Crippen LogP contribution in [0.1, 0.15) is 55.3 Å². The van der Waals surface area contributed by atoms with E-state index in [9.17, 15) is 14.0 Å². The Balaban J connectivity index is 1.57. The lowest BCUT2D eigenvalue weighted by molar-refractivity contribution is 0.0643. The van der Waals surface area contributed by atoms with Gasteiger partial charge in [-0.15, -0.1) is 0 Å². The molecule has 1 saturated heterocycles. The number of aromatic nitrogens is 1. The van der Waals surface area contributed by atoms with Crippen molar-refractivity contribution in [3.05, 3.63) is 46.0 Å². The molecule has 1 aliphatic heterocycles. The number of pyridine rings is 1. The number of rotatable bonds is 4. The van der Waals surface area contributed by atoms with Crippen molar-refractivity contribution in [1.29, 1.82) is 0 Å². The first-order valence-corrected chi connectivity index (χ1v) is 9.93. The summed E-state index contributed by atoms with van der Waals surface area (Å²) in [5.74, 6) is -0.702. The SMILES string of the molecule is O=C(NCC1(N2CCCCC2)CCCC1)c1cc(=O)[nH]c2cc(F)ccc12. The van der Waals surface area contributed by atoms with Gasteiger partial charge in [0.25, 0.3) is 5.91 Å². The van der Waals surface area contributed by atoms with Gasteiger partial charge in [-0.2, -0.15) is 0 Å². The van der Waals surface area contributed by atoms with Crippen molar-refractivity contribution >= 4 is 16.8 Å². The Morgan fingerprint density at radius 3 is 2.59 bits per heavy atom. The van der Waals surface area contributed by atoms with Crippen molar-refractivity contribution in [3.8, 4) is 0 Å². The molecule has 144 valence electrons. The second-order valence-corrected chi connectivity index (χ2v) is 7.90. The normalized spacial score (nSPS) is 20.0. The Morgan fingerprint density at radius 1 is 1.11 bits per heavy atom. The zero-order valence-corrected chi connectivity index (χ0v) is 15.5. The van der Waals surface area contributed by atoms with E-state index in [2.05, 4.69) is 15.2 Å². The summed E-state index contributed by atoms with van der Waals surface area (Å²) in [4.78, 5) is 30.0. The fourth-order valence-corrected chi connectivity index (χ4v) is 4.77. The largest absolute Gasteiger partial charge is 0.350 e.